The molecule has 1 aliphatic rings. The van der Waals surface area contributed by atoms with Crippen molar-refractivity contribution < 1.29 is 22.7 Å². The average Bonchev–Trinajstić information content (AvgIpc) is 2.58. The molecule has 8 heteroatoms. The molecule has 1 fully saturated rings. The van der Waals surface area contributed by atoms with Gasteiger partial charge < -0.3 is 9.64 Å². The summed E-state index contributed by atoms with van der Waals surface area (Å²) in [5.74, 6) is -1.04. The normalized spacial score (nSPS) is 20.7. The number of likely N-dealkylation sites (tertiary alicyclic amines) is 1. The van der Waals surface area contributed by atoms with Crippen LogP contribution in [0.4, 0.5) is 0 Å². The highest BCUT2D eigenvalue weighted by atomic mass is 32.2. The number of carbonyl (C=O) groups is 2. The van der Waals surface area contributed by atoms with Crippen LogP contribution in [0.15, 0.2) is 29.2 Å². The van der Waals surface area contributed by atoms with Gasteiger partial charge in [0.05, 0.1) is 4.90 Å². The maximum atomic E-state index is 12.3. The molecule has 2 atom stereocenters. The highest BCUT2D eigenvalue weighted by molar-refractivity contribution is 7.89. The van der Waals surface area contributed by atoms with Crippen LogP contribution in [0.1, 0.15) is 38.7 Å². The van der Waals surface area contributed by atoms with Gasteiger partial charge in [0.2, 0.25) is 10.0 Å². The molecule has 1 amide bonds. The zero-order valence-corrected chi connectivity index (χ0v) is 16.2. The lowest BCUT2D eigenvalue weighted by Crippen LogP contribution is -2.49. The highest BCUT2D eigenvalue weighted by Crippen LogP contribution is 2.22. The molecule has 0 radical (unpaired) electrons. The van der Waals surface area contributed by atoms with E-state index in [1.54, 1.807) is 17.0 Å². The lowest BCUT2D eigenvalue weighted by molar-refractivity contribution is -0.154. The van der Waals surface area contributed by atoms with Gasteiger partial charge in [0.1, 0.15) is 6.54 Å². The first-order valence-corrected chi connectivity index (χ1v) is 10.2. The predicted molar refractivity (Wildman–Crippen MR) is 96.9 cm³/mol. The third-order valence-corrected chi connectivity index (χ3v) is 5.99. The van der Waals surface area contributed by atoms with Crippen molar-refractivity contribution >= 4 is 21.9 Å². The molecule has 1 heterocycles. The molecule has 26 heavy (non-hydrogen) atoms. The summed E-state index contributed by atoms with van der Waals surface area (Å²) in [6, 6.07) is 6.51. The number of sulfonamides is 1. The van der Waals surface area contributed by atoms with Gasteiger partial charge in [0, 0.05) is 12.1 Å². The van der Waals surface area contributed by atoms with E-state index >= 15 is 0 Å². The Hall–Kier alpha value is -1.93. The summed E-state index contributed by atoms with van der Waals surface area (Å²) < 4.78 is 31.4. The summed E-state index contributed by atoms with van der Waals surface area (Å²) in [5, 5.41) is 0. The first kappa shape index (κ1) is 20.4. The molecule has 2 rings (SSSR count). The molecule has 0 aliphatic carbocycles. The Morgan fingerprint density at radius 1 is 1.15 bits per heavy atom. The minimum absolute atomic E-state index is 0.0722. The number of rotatable bonds is 6. The zero-order chi connectivity index (χ0) is 19.3. The Morgan fingerprint density at radius 2 is 1.73 bits per heavy atom. The monoisotopic (exact) mass is 382 g/mol. The number of nitrogens with one attached hydrogen (secondary N) is 1. The van der Waals surface area contributed by atoms with E-state index in [4.69, 9.17) is 4.74 Å². The molecule has 1 aromatic carbocycles. The molecule has 0 aromatic heterocycles. The lowest BCUT2D eigenvalue weighted by atomic mass is 9.97. The Morgan fingerprint density at radius 3 is 2.31 bits per heavy atom. The molecule has 144 valence electrons. The molecule has 1 saturated heterocycles. The SMILES string of the molecule is Cc1ccc(S(=O)(=O)NCC(=O)OCC(=O)N2[C@@H](C)CCC[C@@H]2C)cc1. The number of hydrogen-bond donors (Lipinski definition) is 1. The number of carbonyl (C=O) groups excluding carboxylic acids is 2. The van der Waals surface area contributed by atoms with Crippen molar-refractivity contribution in [3.63, 3.8) is 0 Å². The van der Waals surface area contributed by atoms with E-state index in [2.05, 4.69) is 4.72 Å². The molecule has 1 N–H and O–H groups in total. The Balaban J connectivity index is 1.83. The van der Waals surface area contributed by atoms with Crippen LogP contribution in [0.2, 0.25) is 0 Å². The quantitative estimate of drug-likeness (QED) is 0.755. The number of benzene rings is 1. The van der Waals surface area contributed by atoms with Gasteiger partial charge in [-0.25, -0.2) is 8.42 Å². The fraction of sp³-hybridized carbons (Fsp3) is 0.556. The fourth-order valence-electron chi connectivity index (χ4n) is 3.14. The maximum absolute atomic E-state index is 12.3. The van der Waals surface area contributed by atoms with E-state index in [1.165, 1.54) is 12.1 Å². The zero-order valence-electron chi connectivity index (χ0n) is 15.4. The standard InChI is InChI=1S/C18H26N2O5S/c1-13-7-9-16(10-8-13)26(23,24)19-11-18(22)25-12-17(21)20-14(2)5-4-6-15(20)3/h7-10,14-15,19H,4-6,11-12H2,1-3H3/t14-,15-/m0/s1. The number of hydrogen-bond acceptors (Lipinski definition) is 5. The highest BCUT2D eigenvalue weighted by Gasteiger charge is 2.29. The van der Waals surface area contributed by atoms with Crippen LogP contribution in [0, 0.1) is 6.92 Å². The van der Waals surface area contributed by atoms with Crippen molar-refractivity contribution in [2.45, 2.75) is 57.0 Å². The number of nitrogens with zero attached hydrogens (tertiary/aromatic N) is 1. The lowest BCUT2D eigenvalue weighted by Gasteiger charge is -2.38. The van der Waals surface area contributed by atoms with Crippen molar-refractivity contribution in [1.29, 1.82) is 0 Å². The first-order valence-electron chi connectivity index (χ1n) is 8.74. The van der Waals surface area contributed by atoms with Crippen molar-refractivity contribution in [2.24, 2.45) is 0 Å². The van der Waals surface area contributed by atoms with Gasteiger partial charge in [-0.05, 0) is 52.2 Å². The smallest absolute Gasteiger partial charge is 0.321 e. The molecule has 0 spiro atoms. The van der Waals surface area contributed by atoms with Crippen LogP contribution in [-0.2, 0) is 24.3 Å². The second-order valence-corrected chi connectivity index (χ2v) is 8.50. The predicted octanol–water partition coefficient (Wildman–Crippen LogP) is 1.61. The van der Waals surface area contributed by atoms with Crippen molar-refractivity contribution in [3.05, 3.63) is 29.8 Å². The molecule has 0 saturated carbocycles. The van der Waals surface area contributed by atoms with Crippen molar-refractivity contribution in [2.75, 3.05) is 13.2 Å². The first-order chi connectivity index (χ1) is 12.2. The van der Waals surface area contributed by atoms with E-state index in [0.29, 0.717) is 0 Å². The summed E-state index contributed by atoms with van der Waals surface area (Å²) in [6.45, 7) is 4.91. The van der Waals surface area contributed by atoms with Crippen LogP contribution < -0.4 is 4.72 Å². The molecule has 0 bridgehead atoms. The topological polar surface area (TPSA) is 92.8 Å². The van der Waals surface area contributed by atoms with Gasteiger partial charge in [-0.15, -0.1) is 0 Å². The summed E-state index contributed by atoms with van der Waals surface area (Å²) in [4.78, 5) is 25.9. The Labute approximate surface area is 154 Å². The number of esters is 1. The van der Waals surface area contributed by atoms with Crippen LogP contribution in [0.3, 0.4) is 0 Å². The van der Waals surface area contributed by atoms with E-state index in [0.717, 1.165) is 24.8 Å². The fourth-order valence-corrected chi connectivity index (χ4v) is 4.10. The van der Waals surface area contributed by atoms with Gasteiger partial charge in [-0.2, -0.15) is 4.72 Å². The van der Waals surface area contributed by atoms with Gasteiger partial charge in [-0.1, -0.05) is 17.7 Å². The second kappa shape index (κ2) is 8.64. The number of ether oxygens (including phenoxy) is 1. The number of aryl methyl sites for hydroxylation is 1. The minimum Gasteiger partial charge on any atom is -0.455 e. The van der Waals surface area contributed by atoms with E-state index < -0.39 is 22.5 Å². The van der Waals surface area contributed by atoms with Crippen molar-refractivity contribution in [3.8, 4) is 0 Å². The third-order valence-electron chi connectivity index (χ3n) is 4.58. The summed E-state index contributed by atoms with van der Waals surface area (Å²) in [6.07, 6.45) is 2.94. The summed E-state index contributed by atoms with van der Waals surface area (Å²) >= 11 is 0. The number of piperidine rings is 1. The summed E-state index contributed by atoms with van der Waals surface area (Å²) in [5.41, 5.74) is 0.933. The molecule has 1 aromatic rings. The largest absolute Gasteiger partial charge is 0.455 e. The Kier molecular flexibility index (Phi) is 6.77. The maximum Gasteiger partial charge on any atom is 0.321 e. The third kappa shape index (κ3) is 5.28. The summed E-state index contributed by atoms with van der Waals surface area (Å²) in [7, 11) is -3.79. The van der Waals surface area contributed by atoms with Crippen LogP contribution >= 0.6 is 0 Å². The Bertz CT molecular complexity index is 735. The van der Waals surface area contributed by atoms with Crippen LogP contribution in [-0.4, -0.2) is 50.4 Å². The van der Waals surface area contributed by atoms with Gasteiger partial charge in [0.25, 0.3) is 5.91 Å². The van der Waals surface area contributed by atoms with Gasteiger partial charge in [-0.3, -0.25) is 9.59 Å². The van der Waals surface area contributed by atoms with E-state index in [1.807, 2.05) is 20.8 Å². The molecular formula is C18H26N2O5S. The van der Waals surface area contributed by atoms with E-state index in [-0.39, 0.29) is 29.5 Å². The van der Waals surface area contributed by atoms with E-state index in [9.17, 15) is 18.0 Å². The average molecular weight is 382 g/mol. The van der Waals surface area contributed by atoms with Gasteiger partial charge in [0.15, 0.2) is 6.61 Å². The van der Waals surface area contributed by atoms with Gasteiger partial charge >= 0.3 is 5.97 Å². The van der Waals surface area contributed by atoms with Crippen LogP contribution in [0.5, 0.6) is 0 Å². The minimum atomic E-state index is -3.79. The molecule has 7 nitrogen and oxygen atoms in total. The molecule has 1 aliphatic heterocycles. The second-order valence-electron chi connectivity index (χ2n) is 6.73. The van der Waals surface area contributed by atoms with Crippen molar-refractivity contribution in [1.82, 2.24) is 9.62 Å². The van der Waals surface area contributed by atoms with Crippen LogP contribution in [0.25, 0.3) is 0 Å². The molecule has 0 unspecified atom stereocenters. The molecular weight excluding hydrogens is 356 g/mol. The number of amides is 1.